The smallest absolute Gasteiger partial charge is 0.274 e. The summed E-state index contributed by atoms with van der Waals surface area (Å²) < 4.78 is 1.61. The van der Waals surface area contributed by atoms with Crippen LogP contribution in [0.15, 0.2) is 0 Å². The Morgan fingerprint density at radius 3 is 2.60 bits per heavy atom. The van der Waals surface area contributed by atoms with Crippen LogP contribution < -0.4 is 5.73 Å². The van der Waals surface area contributed by atoms with E-state index in [0.717, 1.165) is 25.2 Å². The maximum absolute atomic E-state index is 12.8. The van der Waals surface area contributed by atoms with Crippen LogP contribution in [0.1, 0.15) is 35.4 Å². The zero-order valence-corrected chi connectivity index (χ0v) is 12.5. The van der Waals surface area contributed by atoms with Gasteiger partial charge in [-0.3, -0.25) is 14.4 Å². The first-order valence-corrected chi connectivity index (χ1v) is 7.29. The molecule has 2 fully saturated rings. The molecule has 20 heavy (non-hydrogen) atoms. The first-order valence-electron chi connectivity index (χ1n) is 7.29. The van der Waals surface area contributed by atoms with E-state index in [1.807, 2.05) is 11.8 Å². The Kier molecular flexibility index (Phi) is 3.20. The first-order chi connectivity index (χ1) is 9.49. The van der Waals surface area contributed by atoms with Crippen molar-refractivity contribution < 1.29 is 4.79 Å². The summed E-state index contributed by atoms with van der Waals surface area (Å²) in [4.78, 5) is 17.1. The van der Waals surface area contributed by atoms with Crippen LogP contribution in [0, 0.1) is 6.92 Å². The Hall–Kier alpha value is -1.56. The lowest BCUT2D eigenvalue weighted by Gasteiger charge is -2.26. The summed E-state index contributed by atoms with van der Waals surface area (Å²) in [6, 6.07) is 1.12. The number of hydrogen-bond donors (Lipinski definition) is 1. The second-order valence-electron chi connectivity index (χ2n) is 6.06. The third-order valence-electron chi connectivity index (χ3n) is 4.91. The molecule has 2 bridgehead atoms. The number of aromatic nitrogens is 2. The summed E-state index contributed by atoms with van der Waals surface area (Å²) in [5.41, 5.74) is 7.78. The number of hydrogen-bond acceptors (Lipinski definition) is 4. The number of likely N-dealkylation sites (tertiary alicyclic amines) is 1. The largest absolute Gasteiger partial charge is 0.395 e. The number of nitrogens with zero attached hydrogens (tertiary/aromatic N) is 4. The van der Waals surface area contributed by atoms with Gasteiger partial charge in [0.25, 0.3) is 5.91 Å². The highest BCUT2D eigenvalue weighted by atomic mass is 16.2. The van der Waals surface area contributed by atoms with Gasteiger partial charge in [-0.2, -0.15) is 5.10 Å². The van der Waals surface area contributed by atoms with E-state index in [1.54, 1.807) is 11.7 Å². The van der Waals surface area contributed by atoms with Crippen molar-refractivity contribution in [1.82, 2.24) is 19.6 Å². The minimum absolute atomic E-state index is 0.0200. The third-order valence-corrected chi connectivity index (χ3v) is 4.91. The molecule has 110 valence electrons. The molecule has 1 aromatic heterocycles. The molecule has 0 radical (unpaired) electrons. The van der Waals surface area contributed by atoms with E-state index in [2.05, 4.69) is 17.0 Å². The van der Waals surface area contributed by atoms with E-state index < -0.39 is 0 Å². The van der Waals surface area contributed by atoms with Crippen molar-refractivity contribution in [1.29, 1.82) is 0 Å². The van der Waals surface area contributed by atoms with Gasteiger partial charge < -0.3 is 10.6 Å². The van der Waals surface area contributed by atoms with Crippen molar-refractivity contribution in [3.05, 3.63) is 11.4 Å². The van der Waals surface area contributed by atoms with Crippen molar-refractivity contribution in [2.24, 2.45) is 7.05 Å². The molecule has 2 aliphatic heterocycles. The van der Waals surface area contributed by atoms with Crippen molar-refractivity contribution in [3.63, 3.8) is 0 Å². The van der Waals surface area contributed by atoms with Gasteiger partial charge in [0.15, 0.2) is 0 Å². The standard InChI is InChI=1S/C14H23N5O/c1-9-12(15)13(18(3)16-9)14(20)19-7-6-10-4-5-11(8-19)17(10)2/h10-11H,4-8,15H2,1-3H3. The van der Waals surface area contributed by atoms with Crippen LogP contribution in [0.4, 0.5) is 5.69 Å². The van der Waals surface area contributed by atoms with Gasteiger partial charge in [0.05, 0.1) is 11.4 Å². The molecule has 2 saturated heterocycles. The number of amides is 1. The molecule has 6 heteroatoms. The van der Waals surface area contributed by atoms with Crippen LogP contribution in [-0.4, -0.2) is 57.7 Å². The fraction of sp³-hybridized carbons (Fsp3) is 0.714. The fourth-order valence-electron chi connectivity index (χ4n) is 3.57. The van der Waals surface area contributed by atoms with Crippen LogP contribution in [0.5, 0.6) is 0 Å². The minimum Gasteiger partial charge on any atom is -0.395 e. The molecular formula is C14H23N5O. The third kappa shape index (κ3) is 1.98. The zero-order valence-electron chi connectivity index (χ0n) is 12.5. The van der Waals surface area contributed by atoms with E-state index >= 15 is 0 Å². The number of carbonyl (C=O) groups excluding carboxylic acids is 1. The first kappa shape index (κ1) is 13.4. The lowest BCUT2D eigenvalue weighted by Crippen LogP contribution is -2.40. The van der Waals surface area contributed by atoms with Gasteiger partial charge in [0, 0.05) is 32.2 Å². The topological polar surface area (TPSA) is 67.4 Å². The van der Waals surface area contributed by atoms with Crippen LogP contribution in [0.2, 0.25) is 0 Å². The molecule has 0 saturated carbocycles. The van der Waals surface area contributed by atoms with Gasteiger partial charge >= 0.3 is 0 Å². The van der Waals surface area contributed by atoms with Crippen LogP contribution in [-0.2, 0) is 7.05 Å². The fourth-order valence-corrected chi connectivity index (χ4v) is 3.57. The number of nitrogen functional groups attached to an aromatic ring is 1. The molecule has 0 aliphatic carbocycles. The van der Waals surface area contributed by atoms with Gasteiger partial charge in [0.2, 0.25) is 0 Å². The molecule has 1 aromatic rings. The number of anilines is 1. The Labute approximate surface area is 119 Å². The van der Waals surface area contributed by atoms with Gasteiger partial charge in [-0.15, -0.1) is 0 Å². The average Bonchev–Trinajstić information content (AvgIpc) is 2.76. The Balaban J connectivity index is 1.84. The monoisotopic (exact) mass is 277 g/mol. The minimum atomic E-state index is 0.0200. The van der Waals surface area contributed by atoms with Gasteiger partial charge in [0.1, 0.15) is 5.69 Å². The van der Waals surface area contributed by atoms with Crippen LogP contribution >= 0.6 is 0 Å². The summed E-state index contributed by atoms with van der Waals surface area (Å²) >= 11 is 0. The Morgan fingerprint density at radius 2 is 1.95 bits per heavy atom. The maximum Gasteiger partial charge on any atom is 0.274 e. The Morgan fingerprint density at radius 1 is 1.25 bits per heavy atom. The van der Waals surface area contributed by atoms with Crippen molar-refractivity contribution in [3.8, 4) is 0 Å². The molecule has 3 rings (SSSR count). The van der Waals surface area contributed by atoms with E-state index in [4.69, 9.17) is 5.73 Å². The number of nitrogens with two attached hydrogens (primary N) is 1. The SMILES string of the molecule is Cc1nn(C)c(C(=O)N2CCC3CCC(C2)N3C)c1N. The highest BCUT2D eigenvalue weighted by molar-refractivity contribution is 5.98. The van der Waals surface area contributed by atoms with Crippen molar-refractivity contribution in [2.45, 2.75) is 38.3 Å². The Bertz CT molecular complexity index is 538. The number of aryl methyl sites for hydroxylation is 2. The zero-order chi connectivity index (χ0) is 14.4. The lowest BCUT2D eigenvalue weighted by molar-refractivity contribution is 0.0730. The molecule has 2 unspecified atom stereocenters. The maximum atomic E-state index is 12.8. The van der Waals surface area contributed by atoms with Crippen LogP contribution in [0.3, 0.4) is 0 Å². The number of likely N-dealkylation sites (N-methyl/N-ethyl adjacent to an activating group) is 1. The summed E-state index contributed by atoms with van der Waals surface area (Å²) in [5.74, 6) is 0.0200. The van der Waals surface area contributed by atoms with Gasteiger partial charge in [-0.05, 0) is 33.2 Å². The average molecular weight is 277 g/mol. The van der Waals surface area contributed by atoms with Gasteiger partial charge in [-0.25, -0.2) is 0 Å². The quantitative estimate of drug-likeness (QED) is 0.817. The van der Waals surface area contributed by atoms with E-state index in [0.29, 0.717) is 23.5 Å². The van der Waals surface area contributed by atoms with Crippen molar-refractivity contribution in [2.75, 3.05) is 25.9 Å². The normalized spacial score (nSPS) is 26.9. The molecule has 6 nitrogen and oxygen atoms in total. The molecular weight excluding hydrogens is 254 g/mol. The van der Waals surface area contributed by atoms with Gasteiger partial charge in [-0.1, -0.05) is 0 Å². The number of fused-ring (bicyclic) bond motifs is 2. The molecule has 2 atom stereocenters. The summed E-state index contributed by atoms with van der Waals surface area (Å²) in [6.45, 7) is 3.45. The lowest BCUT2D eigenvalue weighted by atomic mass is 10.1. The summed E-state index contributed by atoms with van der Waals surface area (Å²) in [6.07, 6.45) is 3.50. The second-order valence-corrected chi connectivity index (χ2v) is 6.06. The van der Waals surface area contributed by atoms with E-state index in [9.17, 15) is 4.79 Å². The second kappa shape index (κ2) is 4.77. The summed E-state index contributed by atoms with van der Waals surface area (Å²) in [5, 5.41) is 4.25. The number of carbonyl (C=O) groups is 1. The molecule has 2 N–H and O–H groups in total. The molecule has 2 aliphatic rings. The predicted molar refractivity (Wildman–Crippen MR) is 77.5 cm³/mol. The van der Waals surface area contributed by atoms with E-state index in [-0.39, 0.29) is 5.91 Å². The van der Waals surface area contributed by atoms with Crippen molar-refractivity contribution >= 4 is 11.6 Å². The number of rotatable bonds is 1. The predicted octanol–water partition coefficient (Wildman–Crippen LogP) is 0.619. The highest BCUT2D eigenvalue weighted by Crippen LogP contribution is 2.29. The van der Waals surface area contributed by atoms with Crippen LogP contribution in [0.25, 0.3) is 0 Å². The van der Waals surface area contributed by atoms with E-state index in [1.165, 1.54) is 12.8 Å². The summed E-state index contributed by atoms with van der Waals surface area (Å²) in [7, 11) is 3.96. The highest BCUT2D eigenvalue weighted by Gasteiger charge is 2.37. The molecule has 3 heterocycles. The molecule has 0 aromatic carbocycles. The molecule has 1 amide bonds. The molecule has 0 spiro atoms.